The zero-order chi connectivity index (χ0) is 11.8. The van der Waals surface area contributed by atoms with E-state index in [1.807, 2.05) is 6.92 Å². The third-order valence-corrected chi connectivity index (χ3v) is 2.28. The molecule has 0 saturated heterocycles. The first-order chi connectivity index (χ1) is 6.99. The van der Waals surface area contributed by atoms with Gasteiger partial charge in [0.05, 0.1) is 12.6 Å². The minimum atomic E-state index is -0.123. The van der Waals surface area contributed by atoms with Crippen molar-refractivity contribution in [1.82, 2.24) is 5.32 Å². The fraction of sp³-hybridized carbons (Fsp3) is 0.909. The number of hydrogen-bond acceptors (Lipinski definition) is 3. The van der Waals surface area contributed by atoms with Crippen molar-refractivity contribution in [2.75, 3.05) is 13.2 Å². The summed E-state index contributed by atoms with van der Waals surface area (Å²) < 4.78 is 0. The number of aliphatic hydroxyl groups excluding tert-OH is 1. The van der Waals surface area contributed by atoms with Crippen molar-refractivity contribution >= 4 is 5.91 Å². The van der Waals surface area contributed by atoms with Crippen molar-refractivity contribution in [2.45, 2.75) is 39.7 Å². The first-order valence-corrected chi connectivity index (χ1v) is 5.59. The second kappa shape index (κ2) is 7.65. The lowest BCUT2D eigenvalue weighted by molar-refractivity contribution is -0.123. The Balaban J connectivity index is 3.90. The molecule has 2 unspecified atom stereocenters. The lowest BCUT2D eigenvalue weighted by Crippen LogP contribution is -2.39. The third-order valence-electron chi connectivity index (χ3n) is 2.28. The molecule has 90 valence electrons. The van der Waals surface area contributed by atoms with Gasteiger partial charge in [-0.05, 0) is 24.8 Å². The summed E-state index contributed by atoms with van der Waals surface area (Å²) in [5.74, 6) is 0.644. The Labute approximate surface area is 92.2 Å². The maximum Gasteiger partial charge on any atom is 0.220 e. The molecule has 0 fully saturated rings. The summed E-state index contributed by atoms with van der Waals surface area (Å²) in [5.41, 5.74) is 5.43. The van der Waals surface area contributed by atoms with E-state index in [0.717, 1.165) is 6.42 Å². The molecule has 0 spiro atoms. The molecule has 0 rings (SSSR count). The van der Waals surface area contributed by atoms with Crippen LogP contribution in [-0.2, 0) is 4.79 Å². The van der Waals surface area contributed by atoms with Crippen molar-refractivity contribution in [3.63, 3.8) is 0 Å². The first-order valence-electron chi connectivity index (χ1n) is 5.59. The van der Waals surface area contributed by atoms with E-state index in [1.165, 1.54) is 0 Å². The molecule has 0 aliphatic rings. The van der Waals surface area contributed by atoms with Gasteiger partial charge in [-0.3, -0.25) is 4.79 Å². The summed E-state index contributed by atoms with van der Waals surface area (Å²) in [5, 5.41) is 11.9. The number of nitrogens with one attached hydrogen (secondary N) is 1. The van der Waals surface area contributed by atoms with Crippen molar-refractivity contribution in [3.8, 4) is 0 Å². The Morgan fingerprint density at radius 2 is 2.00 bits per heavy atom. The number of amides is 1. The van der Waals surface area contributed by atoms with Crippen molar-refractivity contribution < 1.29 is 9.90 Å². The fourth-order valence-electron chi connectivity index (χ4n) is 1.43. The number of nitrogens with two attached hydrogens (primary N) is 1. The molecular formula is C11H24N2O2. The zero-order valence-corrected chi connectivity index (χ0v) is 9.99. The van der Waals surface area contributed by atoms with Crippen LogP contribution in [0.25, 0.3) is 0 Å². The van der Waals surface area contributed by atoms with E-state index < -0.39 is 0 Å². The zero-order valence-electron chi connectivity index (χ0n) is 9.99. The normalized spacial score (nSPS) is 15.1. The van der Waals surface area contributed by atoms with Gasteiger partial charge in [-0.25, -0.2) is 0 Å². The highest BCUT2D eigenvalue weighted by Crippen LogP contribution is 2.05. The summed E-state index contributed by atoms with van der Waals surface area (Å²) in [7, 11) is 0. The molecule has 0 aromatic rings. The molecular weight excluding hydrogens is 192 g/mol. The van der Waals surface area contributed by atoms with Crippen LogP contribution in [0.3, 0.4) is 0 Å². The molecule has 0 bridgehead atoms. The van der Waals surface area contributed by atoms with E-state index in [2.05, 4.69) is 19.2 Å². The molecule has 0 aromatic carbocycles. The van der Waals surface area contributed by atoms with Gasteiger partial charge < -0.3 is 16.2 Å². The van der Waals surface area contributed by atoms with Gasteiger partial charge in [0.25, 0.3) is 0 Å². The Kier molecular flexibility index (Phi) is 7.34. The molecule has 0 radical (unpaired) electrons. The molecule has 0 heterocycles. The summed E-state index contributed by atoms with van der Waals surface area (Å²) >= 11 is 0. The minimum Gasteiger partial charge on any atom is -0.394 e. The third kappa shape index (κ3) is 7.33. The van der Waals surface area contributed by atoms with Gasteiger partial charge >= 0.3 is 0 Å². The van der Waals surface area contributed by atoms with E-state index in [4.69, 9.17) is 10.8 Å². The molecule has 0 aliphatic heterocycles. The van der Waals surface area contributed by atoms with Gasteiger partial charge in [0, 0.05) is 6.42 Å². The minimum absolute atomic E-state index is 0.000919. The standard InChI is InChI=1S/C11H24N2O2/c1-8(2)4-10(7-14)13-11(15)5-9(3)6-12/h8-10,14H,4-7,12H2,1-3H3,(H,13,15). The molecule has 1 amide bonds. The highest BCUT2D eigenvalue weighted by molar-refractivity contribution is 5.76. The van der Waals surface area contributed by atoms with Gasteiger partial charge in [-0.2, -0.15) is 0 Å². The summed E-state index contributed by atoms with van der Waals surface area (Å²) in [6, 6.07) is -0.123. The Morgan fingerprint density at radius 1 is 1.40 bits per heavy atom. The molecule has 0 saturated carbocycles. The Hall–Kier alpha value is -0.610. The Bertz CT molecular complexity index is 183. The SMILES string of the molecule is CC(C)CC(CO)NC(=O)CC(C)CN. The van der Waals surface area contributed by atoms with Gasteiger partial charge in [-0.1, -0.05) is 20.8 Å². The van der Waals surface area contributed by atoms with Gasteiger partial charge in [0.15, 0.2) is 0 Å². The van der Waals surface area contributed by atoms with Gasteiger partial charge in [-0.15, -0.1) is 0 Å². The number of rotatable bonds is 7. The maximum absolute atomic E-state index is 11.5. The molecule has 4 heteroatoms. The summed E-state index contributed by atoms with van der Waals surface area (Å²) in [6.07, 6.45) is 1.24. The second-order valence-electron chi connectivity index (χ2n) is 4.62. The van der Waals surface area contributed by atoms with Crippen LogP contribution in [0.2, 0.25) is 0 Å². The molecule has 2 atom stereocenters. The fourth-order valence-corrected chi connectivity index (χ4v) is 1.43. The molecule has 4 nitrogen and oxygen atoms in total. The van der Waals surface area contributed by atoms with Gasteiger partial charge in [0.2, 0.25) is 5.91 Å². The second-order valence-corrected chi connectivity index (χ2v) is 4.62. The molecule has 15 heavy (non-hydrogen) atoms. The number of aliphatic hydroxyl groups is 1. The van der Waals surface area contributed by atoms with E-state index in [-0.39, 0.29) is 24.5 Å². The van der Waals surface area contributed by atoms with Crippen LogP contribution in [0.1, 0.15) is 33.6 Å². The van der Waals surface area contributed by atoms with E-state index in [9.17, 15) is 4.79 Å². The highest BCUT2D eigenvalue weighted by atomic mass is 16.3. The van der Waals surface area contributed by atoms with Crippen molar-refractivity contribution in [3.05, 3.63) is 0 Å². The van der Waals surface area contributed by atoms with Crippen LogP contribution in [0, 0.1) is 11.8 Å². The molecule has 0 aromatic heterocycles. The monoisotopic (exact) mass is 216 g/mol. The van der Waals surface area contributed by atoms with Crippen LogP contribution >= 0.6 is 0 Å². The van der Waals surface area contributed by atoms with Crippen LogP contribution in [0.15, 0.2) is 0 Å². The number of carbonyl (C=O) groups is 1. The van der Waals surface area contributed by atoms with Crippen LogP contribution in [0.5, 0.6) is 0 Å². The van der Waals surface area contributed by atoms with Crippen molar-refractivity contribution in [2.24, 2.45) is 17.6 Å². The highest BCUT2D eigenvalue weighted by Gasteiger charge is 2.14. The lowest BCUT2D eigenvalue weighted by atomic mass is 10.0. The quantitative estimate of drug-likeness (QED) is 0.580. The first kappa shape index (κ1) is 14.4. The van der Waals surface area contributed by atoms with Gasteiger partial charge in [0.1, 0.15) is 0 Å². The van der Waals surface area contributed by atoms with E-state index >= 15 is 0 Å². The largest absolute Gasteiger partial charge is 0.394 e. The number of carbonyl (C=O) groups excluding carboxylic acids is 1. The maximum atomic E-state index is 11.5. The molecule has 0 aliphatic carbocycles. The number of hydrogen-bond donors (Lipinski definition) is 3. The average molecular weight is 216 g/mol. The predicted molar refractivity (Wildman–Crippen MR) is 61.3 cm³/mol. The Morgan fingerprint density at radius 3 is 2.40 bits per heavy atom. The smallest absolute Gasteiger partial charge is 0.220 e. The lowest BCUT2D eigenvalue weighted by Gasteiger charge is -2.19. The van der Waals surface area contributed by atoms with Crippen LogP contribution in [-0.4, -0.2) is 30.2 Å². The average Bonchev–Trinajstić information content (AvgIpc) is 2.15. The molecule has 4 N–H and O–H groups in total. The summed E-state index contributed by atoms with van der Waals surface area (Å²) in [6.45, 7) is 6.59. The predicted octanol–water partition coefficient (Wildman–Crippen LogP) is 0.495. The van der Waals surface area contributed by atoms with E-state index in [0.29, 0.717) is 18.9 Å². The summed E-state index contributed by atoms with van der Waals surface area (Å²) in [4.78, 5) is 11.5. The topological polar surface area (TPSA) is 75.3 Å². The van der Waals surface area contributed by atoms with Crippen LogP contribution < -0.4 is 11.1 Å². The van der Waals surface area contributed by atoms with Crippen LogP contribution in [0.4, 0.5) is 0 Å². The van der Waals surface area contributed by atoms with Crippen molar-refractivity contribution in [1.29, 1.82) is 0 Å². The van der Waals surface area contributed by atoms with E-state index in [1.54, 1.807) is 0 Å².